The zero-order chi connectivity index (χ0) is 17.6. The second kappa shape index (κ2) is 8.70. The van der Waals surface area contributed by atoms with Gasteiger partial charge in [0.1, 0.15) is 5.75 Å². The Kier molecular flexibility index (Phi) is 6.90. The smallest absolute Gasteiger partial charge is 0.119 e. The highest BCUT2D eigenvalue weighted by Gasteiger charge is 2.22. The van der Waals surface area contributed by atoms with Crippen molar-refractivity contribution in [2.75, 3.05) is 51.3 Å². The van der Waals surface area contributed by atoms with Gasteiger partial charge in [0, 0.05) is 38.4 Å². The molecule has 2 rings (SSSR count). The normalized spacial score (nSPS) is 17.8. The standard InChI is InChI=1S/C19H32N2O3/c1-5-19(2,3)24-15-17(22)14-20-10-12-21(13-11-20)16-6-8-18(23-4)9-7-16/h6-9,17,22H,5,10-15H2,1-4H3/t17-/m0/s1. The Morgan fingerprint density at radius 3 is 2.29 bits per heavy atom. The Balaban J connectivity index is 1.74. The molecule has 1 N–H and O–H groups in total. The van der Waals surface area contributed by atoms with Crippen LogP contribution in [0.3, 0.4) is 0 Å². The van der Waals surface area contributed by atoms with Gasteiger partial charge in [0.2, 0.25) is 0 Å². The Hall–Kier alpha value is -1.30. The van der Waals surface area contributed by atoms with Crippen molar-refractivity contribution in [2.24, 2.45) is 0 Å². The first-order chi connectivity index (χ1) is 11.4. The molecule has 0 amide bonds. The van der Waals surface area contributed by atoms with E-state index < -0.39 is 6.10 Å². The first kappa shape index (κ1) is 19.0. The summed E-state index contributed by atoms with van der Waals surface area (Å²) < 4.78 is 11.0. The van der Waals surface area contributed by atoms with Crippen LogP contribution < -0.4 is 9.64 Å². The minimum atomic E-state index is -0.427. The molecule has 136 valence electrons. The molecule has 1 aliphatic rings. The lowest BCUT2D eigenvalue weighted by atomic mass is 10.1. The summed E-state index contributed by atoms with van der Waals surface area (Å²) in [5, 5.41) is 10.2. The second-order valence-electron chi connectivity index (χ2n) is 7.06. The molecule has 0 aliphatic carbocycles. The van der Waals surface area contributed by atoms with Crippen LogP contribution in [0.5, 0.6) is 5.75 Å². The summed E-state index contributed by atoms with van der Waals surface area (Å²) in [5.41, 5.74) is 1.07. The summed E-state index contributed by atoms with van der Waals surface area (Å²) in [6, 6.07) is 8.20. The van der Waals surface area contributed by atoms with Gasteiger partial charge in [-0.2, -0.15) is 0 Å². The lowest BCUT2D eigenvalue weighted by Gasteiger charge is -2.37. The number of aliphatic hydroxyl groups excluding tert-OH is 1. The third kappa shape index (κ3) is 5.65. The van der Waals surface area contributed by atoms with Crippen LogP contribution in [0.15, 0.2) is 24.3 Å². The van der Waals surface area contributed by atoms with Gasteiger partial charge in [-0.1, -0.05) is 6.92 Å². The topological polar surface area (TPSA) is 45.2 Å². The van der Waals surface area contributed by atoms with Crippen LogP contribution in [0.2, 0.25) is 0 Å². The van der Waals surface area contributed by atoms with Crippen LogP contribution in [0.4, 0.5) is 5.69 Å². The van der Waals surface area contributed by atoms with Crippen molar-refractivity contribution in [3.8, 4) is 5.75 Å². The van der Waals surface area contributed by atoms with Crippen LogP contribution in [-0.4, -0.2) is 68.2 Å². The van der Waals surface area contributed by atoms with Crippen LogP contribution in [0.1, 0.15) is 27.2 Å². The molecule has 0 spiro atoms. The summed E-state index contributed by atoms with van der Waals surface area (Å²) in [7, 11) is 1.68. The summed E-state index contributed by atoms with van der Waals surface area (Å²) in [4.78, 5) is 4.69. The second-order valence-corrected chi connectivity index (χ2v) is 7.06. The molecule has 5 heteroatoms. The van der Waals surface area contributed by atoms with Gasteiger partial charge in [-0.3, -0.25) is 4.90 Å². The number of rotatable bonds is 8. The minimum absolute atomic E-state index is 0.159. The molecule has 0 aromatic heterocycles. The molecule has 1 aromatic rings. The zero-order valence-electron chi connectivity index (χ0n) is 15.5. The third-order valence-electron chi connectivity index (χ3n) is 4.80. The fraction of sp³-hybridized carbons (Fsp3) is 0.684. The third-order valence-corrected chi connectivity index (χ3v) is 4.80. The van der Waals surface area contributed by atoms with E-state index in [0.29, 0.717) is 13.2 Å². The zero-order valence-corrected chi connectivity index (χ0v) is 15.5. The number of piperazine rings is 1. The summed E-state index contributed by atoms with van der Waals surface area (Å²) in [5.74, 6) is 0.885. The molecule has 0 unspecified atom stereocenters. The lowest BCUT2D eigenvalue weighted by Crippen LogP contribution is -2.49. The van der Waals surface area contributed by atoms with E-state index in [9.17, 15) is 5.11 Å². The molecule has 1 heterocycles. The number of anilines is 1. The van der Waals surface area contributed by atoms with Crippen LogP contribution in [0, 0.1) is 0 Å². The first-order valence-corrected chi connectivity index (χ1v) is 8.87. The molecule has 0 bridgehead atoms. The van der Waals surface area contributed by atoms with Crippen molar-refractivity contribution in [3.05, 3.63) is 24.3 Å². The fourth-order valence-electron chi connectivity index (χ4n) is 2.76. The number of β-amino-alcohol motifs (C(OH)–C–C–N with tert-alkyl or cyclic N) is 1. The molecule has 0 saturated carbocycles. The first-order valence-electron chi connectivity index (χ1n) is 8.87. The molecule has 5 nitrogen and oxygen atoms in total. The maximum Gasteiger partial charge on any atom is 0.119 e. The van der Waals surface area contributed by atoms with Gasteiger partial charge in [0.15, 0.2) is 0 Å². The Bertz CT molecular complexity index is 482. The van der Waals surface area contributed by atoms with E-state index in [1.807, 2.05) is 12.1 Å². The van der Waals surface area contributed by atoms with Crippen molar-refractivity contribution in [1.82, 2.24) is 4.90 Å². The molecular formula is C19H32N2O3. The van der Waals surface area contributed by atoms with Crippen molar-refractivity contribution < 1.29 is 14.6 Å². The SMILES string of the molecule is CCC(C)(C)OC[C@@H](O)CN1CCN(c2ccc(OC)cc2)CC1. The Morgan fingerprint density at radius 1 is 1.12 bits per heavy atom. The van der Waals surface area contributed by atoms with Crippen molar-refractivity contribution in [1.29, 1.82) is 0 Å². The predicted molar refractivity (Wildman–Crippen MR) is 98.0 cm³/mol. The number of aliphatic hydroxyl groups is 1. The van der Waals surface area contributed by atoms with Gasteiger partial charge in [-0.25, -0.2) is 0 Å². The molecule has 0 radical (unpaired) electrons. The van der Waals surface area contributed by atoms with Crippen molar-refractivity contribution in [2.45, 2.75) is 38.9 Å². The molecule has 24 heavy (non-hydrogen) atoms. The monoisotopic (exact) mass is 336 g/mol. The van der Waals surface area contributed by atoms with E-state index in [1.165, 1.54) is 5.69 Å². The van der Waals surface area contributed by atoms with Gasteiger partial charge in [0.25, 0.3) is 0 Å². The van der Waals surface area contributed by atoms with E-state index >= 15 is 0 Å². The van der Waals surface area contributed by atoms with E-state index in [4.69, 9.17) is 9.47 Å². The maximum absolute atomic E-state index is 10.2. The van der Waals surface area contributed by atoms with Gasteiger partial charge in [-0.15, -0.1) is 0 Å². The van der Waals surface area contributed by atoms with E-state index in [2.05, 4.69) is 42.7 Å². The lowest BCUT2D eigenvalue weighted by molar-refractivity contribution is -0.0674. The number of hydrogen-bond acceptors (Lipinski definition) is 5. The average Bonchev–Trinajstić information content (AvgIpc) is 2.61. The highest BCUT2D eigenvalue weighted by atomic mass is 16.5. The molecule has 1 fully saturated rings. The molecular weight excluding hydrogens is 304 g/mol. The van der Waals surface area contributed by atoms with E-state index in [-0.39, 0.29) is 5.60 Å². The Morgan fingerprint density at radius 2 is 1.75 bits per heavy atom. The van der Waals surface area contributed by atoms with Gasteiger partial charge in [0.05, 0.1) is 25.4 Å². The summed E-state index contributed by atoms with van der Waals surface area (Å²) in [6.07, 6.45) is 0.517. The van der Waals surface area contributed by atoms with Crippen LogP contribution >= 0.6 is 0 Å². The highest BCUT2D eigenvalue weighted by molar-refractivity contribution is 5.49. The van der Waals surface area contributed by atoms with Crippen molar-refractivity contribution >= 4 is 5.69 Å². The minimum Gasteiger partial charge on any atom is -0.497 e. The van der Waals surface area contributed by atoms with E-state index in [0.717, 1.165) is 38.3 Å². The van der Waals surface area contributed by atoms with Crippen LogP contribution in [-0.2, 0) is 4.74 Å². The fourth-order valence-corrected chi connectivity index (χ4v) is 2.76. The van der Waals surface area contributed by atoms with Gasteiger partial charge in [-0.05, 0) is 44.5 Å². The average molecular weight is 336 g/mol. The van der Waals surface area contributed by atoms with Crippen LogP contribution in [0.25, 0.3) is 0 Å². The molecule has 1 aliphatic heterocycles. The molecule has 1 atom stereocenters. The number of hydrogen-bond donors (Lipinski definition) is 1. The largest absolute Gasteiger partial charge is 0.497 e. The quantitative estimate of drug-likeness (QED) is 0.790. The highest BCUT2D eigenvalue weighted by Crippen LogP contribution is 2.20. The van der Waals surface area contributed by atoms with Gasteiger partial charge < -0.3 is 19.5 Å². The number of nitrogens with zero attached hydrogens (tertiary/aromatic N) is 2. The maximum atomic E-state index is 10.2. The number of methoxy groups -OCH3 is 1. The summed E-state index contributed by atoms with van der Waals surface area (Å²) in [6.45, 7) is 11.2. The van der Waals surface area contributed by atoms with E-state index in [1.54, 1.807) is 7.11 Å². The van der Waals surface area contributed by atoms with Crippen molar-refractivity contribution in [3.63, 3.8) is 0 Å². The predicted octanol–water partition coefficient (Wildman–Crippen LogP) is 2.38. The molecule has 1 saturated heterocycles. The Labute approximate surface area is 146 Å². The number of benzene rings is 1. The van der Waals surface area contributed by atoms with Gasteiger partial charge >= 0.3 is 0 Å². The summed E-state index contributed by atoms with van der Waals surface area (Å²) >= 11 is 0. The number of ether oxygens (including phenoxy) is 2. The molecule has 1 aromatic carbocycles.